The lowest BCUT2D eigenvalue weighted by Gasteiger charge is -2.31. The number of halogens is 2. The third-order valence-corrected chi connectivity index (χ3v) is 5.70. The van der Waals surface area contributed by atoms with Crippen LogP contribution in [0.25, 0.3) is 0 Å². The van der Waals surface area contributed by atoms with Crippen molar-refractivity contribution in [2.75, 3.05) is 13.7 Å². The molecule has 2 atom stereocenters. The van der Waals surface area contributed by atoms with Crippen LogP contribution in [0.3, 0.4) is 0 Å². The summed E-state index contributed by atoms with van der Waals surface area (Å²) in [5.74, 6) is -1.55. The van der Waals surface area contributed by atoms with Gasteiger partial charge in [-0.2, -0.15) is 0 Å². The van der Waals surface area contributed by atoms with E-state index < -0.39 is 21.8 Å². The number of hydrogen-bond acceptors (Lipinski definition) is 5. The molecule has 0 saturated heterocycles. The van der Waals surface area contributed by atoms with Gasteiger partial charge in [0.05, 0.1) is 17.6 Å². The van der Waals surface area contributed by atoms with Crippen molar-refractivity contribution in [3.63, 3.8) is 0 Å². The molecule has 0 spiro atoms. The lowest BCUT2D eigenvalue weighted by atomic mass is 9.85. The number of rotatable bonds is 5. The molecule has 0 aliphatic heterocycles. The largest absolute Gasteiger partial charge is 0.465 e. The normalized spacial score (nSPS) is 21.0. The summed E-state index contributed by atoms with van der Waals surface area (Å²) in [6.45, 7) is 0.389. The van der Waals surface area contributed by atoms with Gasteiger partial charge in [-0.1, -0.05) is 12.8 Å². The highest BCUT2D eigenvalue weighted by Gasteiger charge is 2.31. The molecule has 1 aliphatic rings. The van der Waals surface area contributed by atoms with E-state index in [4.69, 9.17) is 5.73 Å². The summed E-state index contributed by atoms with van der Waals surface area (Å²) >= 11 is 0. The Hall–Kier alpha value is -1.22. The van der Waals surface area contributed by atoms with Crippen LogP contribution < -0.4 is 10.5 Å². The summed E-state index contributed by atoms with van der Waals surface area (Å²) in [5.41, 5.74) is 5.39. The van der Waals surface area contributed by atoms with Crippen molar-refractivity contribution < 1.29 is 22.3 Å². The first kappa shape index (κ1) is 20.8. The maximum absolute atomic E-state index is 13.4. The van der Waals surface area contributed by atoms with E-state index in [1.54, 1.807) is 0 Å². The second-order valence-corrected chi connectivity index (χ2v) is 7.32. The van der Waals surface area contributed by atoms with Crippen LogP contribution >= 0.6 is 12.4 Å². The van der Waals surface area contributed by atoms with Crippen molar-refractivity contribution in [1.82, 2.24) is 4.72 Å². The van der Waals surface area contributed by atoms with Gasteiger partial charge >= 0.3 is 5.97 Å². The minimum absolute atomic E-state index is 0. The molecule has 1 aromatic carbocycles. The Morgan fingerprint density at radius 3 is 2.67 bits per heavy atom. The highest BCUT2D eigenvalue weighted by molar-refractivity contribution is 7.89. The quantitative estimate of drug-likeness (QED) is 0.759. The topological polar surface area (TPSA) is 98.5 Å². The van der Waals surface area contributed by atoms with E-state index >= 15 is 0 Å². The second kappa shape index (κ2) is 8.75. The van der Waals surface area contributed by atoms with E-state index in [1.807, 2.05) is 0 Å². The Labute approximate surface area is 147 Å². The van der Waals surface area contributed by atoms with Gasteiger partial charge in [0.15, 0.2) is 0 Å². The molecule has 0 bridgehead atoms. The van der Waals surface area contributed by atoms with Gasteiger partial charge in [0.2, 0.25) is 10.0 Å². The second-order valence-electron chi connectivity index (χ2n) is 5.64. The first-order chi connectivity index (χ1) is 10.9. The number of nitrogens with one attached hydrogen (secondary N) is 1. The fourth-order valence-electron chi connectivity index (χ4n) is 2.91. The number of nitrogens with two attached hydrogens (primary N) is 1. The number of methoxy groups -OCH3 is 1. The number of ether oxygens (including phenoxy) is 1. The Bertz CT molecular complexity index is 684. The molecule has 0 radical (unpaired) electrons. The minimum Gasteiger partial charge on any atom is -0.465 e. The van der Waals surface area contributed by atoms with E-state index in [-0.39, 0.29) is 34.8 Å². The van der Waals surface area contributed by atoms with Crippen LogP contribution in [-0.4, -0.2) is 34.1 Å². The van der Waals surface area contributed by atoms with Gasteiger partial charge in [0.1, 0.15) is 5.82 Å². The molecule has 1 fully saturated rings. The van der Waals surface area contributed by atoms with Crippen LogP contribution in [0.5, 0.6) is 0 Å². The highest BCUT2D eigenvalue weighted by Crippen LogP contribution is 2.26. The van der Waals surface area contributed by atoms with Crippen molar-refractivity contribution >= 4 is 28.4 Å². The summed E-state index contributed by atoms with van der Waals surface area (Å²) in [6.07, 6.45) is 3.48. The molecule has 2 unspecified atom stereocenters. The van der Waals surface area contributed by atoms with E-state index in [1.165, 1.54) is 0 Å². The van der Waals surface area contributed by atoms with Gasteiger partial charge in [-0.3, -0.25) is 0 Å². The summed E-state index contributed by atoms with van der Waals surface area (Å²) in [7, 11) is -2.86. The van der Waals surface area contributed by atoms with Crippen LogP contribution in [0, 0.1) is 11.7 Å². The van der Waals surface area contributed by atoms with Gasteiger partial charge in [-0.25, -0.2) is 22.3 Å². The van der Waals surface area contributed by atoms with Gasteiger partial charge < -0.3 is 10.5 Å². The summed E-state index contributed by atoms with van der Waals surface area (Å²) in [4.78, 5) is 11.5. The standard InChI is InChI=1S/C15H21FN2O4S.ClH/c1-22-15(19)12-8-11(16)6-7-14(12)23(20,21)18-13-5-3-2-4-10(13)9-17;/h6-8,10,13,18H,2-5,9,17H2,1H3;1H. The third-order valence-electron chi connectivity index (χ3n) is 4.15. The smallest absolute Gasteiger partial charge is 0.339 e. The fraction of sp³-hybridized carbons (Fsp3) is 0.533. The number of sulfonamides is 1. The van der Waals surface area contributed by atoms with Crippen molar-refractivity contribution in [2.24, 2.45) is 11.7 Å². The van der Waals surface area contributed by atoms with Crippen LogP contribution in [-0.2, 0) is 14.8 Å². The van der Waals surface area contributed by atoms with E-state index in [9.17, 15) is 17.6 Å². The lowest BCUT2D eigenvalue weighted by Crippen LogP contribution is -2.44. The first-order valence-corrected chi connectivity index (χ1v) is 8.97. The molecule has 1 saturated carbocycles. The van der Waals surface area contributed by atoms with Crippen LogP contribution in [0.1, 0.15) is 36.0 Å². The number of carbonyl (C=O) groups excluding carboxylic acids is 1. The molecule has 0 heterocycles. The number of hydrogen-bond donors (Lipinski definition) is 2. The van der Waals surface area contributed by atoms with Crippen molar-refractivity contribution in [3.8, 4) is 0 Å². The predicted molar refractivity (Wildman–Crippen MR) is 90.1 cm³/mol. The molecule has 3 N–H and O–H groups in total. The van der Waals surface area contributed by atoms with E-state index in [0.29, 0.717) is 13.0 Å². The van der Waals surface area contributed by atoms with E-state index in [0.717, 1.165) is 44.6 Å². The molecule has 0 aromatic heterocycles. The van der Waals surface area contributed by atoms with Gasteiger partial charge in [0.25, 0.3) is 0 Å². The molecule has 9 heteroatoms. The molecule has 136 valence electrons. The maximum Gasteiger partial charge on any atom is 0.339 e. The molecular formula is C15H22ClFN2O4S. The van der Waals surface area contributed by atoms with E-state index in [2.05, 4.69) is 9.46 Å². The predicted octanol–water partition coefficient (Wildman–Crippen LogP) is 1.83. The van der Waals surface area contributed by atoms with Gasteiger partial charge in [-0.05, 0) is 43.5 Å². The molecule has 1 aromatic rings. The van der Waals surface area contributed by atoms with Crippen LogP contribution in [0.4, 0.5) is 4.39 Å². The Morgan fingerprint density at radius 2 is 2.04 bits per heavy atom. The summed E-state index contributed by atoms with van der Waals surface area (Å²) in [5, 5.41) is 0. The van der Waals surface area contributed by atoms with Crippen molar-refractivity contribution in [3.05, 3.63) is 29.6 Å². The molecule has 0 amide bonds. The highest BCUT2D eigenvalue weighted by atomic mass is 35.5. The minimum atomic E-state index is -3.98. The Balaban J connectivity index is 0.00000288. The number of benzene rings is 1. The zero-order chi connectivity index (χ0) is 17.0. The first-order valence-electron chi connectivity index (χ1n) is 7.49. The average Bonchev–Trinajstić information content (AvgIpc) is 2.53. The molecular weight excluding hydrogens is 359 g/mol. The van der Waals surface area contributed by atoms with Crippen LogP contribution in [0.15, 0.2) is 23.1 Å². The monoisotopic (exact) mass is 380 g/mol. The van der Waals surface area contributed by atoms with Gasteiger partial charge in [-0.15, -0.1) is 12.4 Å². The third kappa shape index (κ3) is 4.66. The summed E-state index contributed by atoms with van der Waals surface area (Å²) < 4.78 is 45.8. The zero-order valence-electron chi connectivity index (χ0n) is 13.3. The SMILES string of the molecule is COC(=O)c1cc(F)ccc1S(=O)(=O)NC1CCCCC1CN.Cl. The molecule has 6 nitrogen and oxygen atoms in total. The number of esters is 1. The van der Waals surface area contributed by atoms with Crippen LogP contribution in [0.2, 0.25) is 0 Å². The molecule has 1 aliphatic carbocycles. The average molecular weight is 381 g/mol. The zero-order valence-corrected chi connectivity index (χ0v) is 15.0. The maximum atomic E-state index is 13.4. The summed E-state index contributed by atoms with van der Waals surface area (Å²) in [6, 6.07) is 2.66. The Morgan fingerprint density at radius 1 is 1.38 bits per heavy atom. The van der Waals surface area contributed by atoms with Gasteiger partial charge in [0, 0.05) is 6.04 Å². The van der Waals surface area contributed by atoms with Crippen molar-refractivity contribution in [1.29, 1.82) is 0 Å². The molecule has 2 rings (SSSR count). The lowest BCUT2D eigenvalue weighted by molar-refractivity contribution is 0.0595. The van der Waals surface area contributed by atoms with Crippen molar-refractivity contribution in [2.45, 2.75) is 36.6 Å². The fourth-order valence-corrected chi connectivity index (χ4v) is 4.43. The number of carbonyl (C=O) groups is 1. The Kier molecular flexibility index (Phi) is 7.59. The molecule has 24 heavy (non-hydrogen) atoms.